The molecule has 0 aliphatic heterocycles. The zero-order valence-corrected chi connectivity index (χ0v) is 8.86. The molecule has 15 heavy (non-hydrogen) atoms. The van der Waals surface area contributed by atoms with Crippen LogP contribution in [0.25, 0.3) is 0 Å². The van der Waals surface area contributed by atoms with E-state index in [0.717, 1.165) is 0 Å². The molecule has 0 saturated heterocycles. The third kappa shape index (κ3) is 3.11. The second-order valence-corrected chi connectivity index (χ2v) is 3.41. The summed E-state index contributed by atoms with van der Waals surface area (Å²) >= 11 is 5.78. The molecule has 0 fully saturated rings. The van der Waals surface area contributed by atoms with Gasteiger partial charge in [0.2, 0.25) is 0 Å². The Balaban J connectivity index is 2.82. The number of phenolic OH excluding ortho intramolecular Hbond substituents is 1. The van der Waals surface area contributed by atoms with Gasteiger partial charge < -0.3 is 14.9 Å². The molecule has 0 aliphatic rings. The van der Waals surface area contributed by atoms with Crippen LogP contribution in [0.3, 0.4) is 0 Å². The number of aliphatic hydroxyl groups is 1. The van der Waals surface area contributed by atoms with Crippen LogP contribution in [-0.2, 0) is 9.53 Å². The monoisotopic (exact) mass is 230 g/mol. The summed E-state index contributed by atoms with van der Waals surface area (Å²) in [6, 6.07) is 4.16. The van der Waals surface area contributed by atoms with Crippen LogP contribution in [0.15, 0.2) is 18.2 Å². The summed E-state index contributed by atoms with van der Waals surface area (Å²) in [6.45, 7) is 0. The summed E-state index contributed by atoms with van der Waals surface area (Å²) in [7, 11) is 1.24. The number of hydrogen-bond donors (Lipinski definition) is 2. The van der Waals surface area contributed by atoms with Gasteiger partial charge in [0.05, 0.1) is 24.7 Å². The van der Waals surface area contributed by atoms with Crippen molar-refractivity contribution in [3.05, 3.63) is 28.8 Å². The first-order valence-corrected chi connectivity index (χ1v) is 4.65. The van der Waals surface area contributed by atoms with Crippen LogP contribution in [-0.4, -0.2) is 23.3 Å². The fraction of sp³-hybridized carbons (Fsp3) is 0.300. The highest BCUT2D eigenvalue weighted by molar-refractivity contribution is 6.31. The van der Waals surface area contributed by atoms with Gasteiger partial charge in [-0.25, -0.2) is 0 Å². The van der Waals surface area contributed by atoms with Crippen molar-refractivity contribution in [1.29, 1.82) is 0 Å². The molecule has 4 nitrogen and oxygen atoms in total. The molecule has 0 unspecified atom stereocenters. The summed E-state index contributed by atoms with van der Waals surface area (Å²) in [5.41, 5.74) is 0.389. The molecule has 2 N–H and O–H groups in total. The second kappa shape index (κ2) is 5.00. The first-order chi connectivity index (χ1) is 7.04. The van der Waals surface area contributed by atoms with Crippen molar-refractivity contribution in [3.63, 3.8) is 0 Å². The van der Waals surface area contributed by atoms with E-state index in [1.165, 1.54) is 25.3 Å². The molecule has 0 amide bonds. The van der Waals surface area contributed by atoms with Gasteiger partial charge in [-0.15, -0.1) is 0 Å². The summed E-state index contributed by atoms with van der Waals surface area (Å²) in [6.07, 6.45) is -1.19. The average Bonchev–Trinajstić information content (AvgIpc) is 2.17. The number of halogens is 1. The van der Waals surface area contributed by atoms with Crippen molar-refractivity contribution in [1.82, 2.24) is 0 Å². The number of carbonyl (C=O) groups is 1. The molecular formula is C10H11ClO4. The Morgan fingerprint density at radius 2 is 2.27 bits per heavy atom. The quantitative estimate of drug-likeness (QED) is 0.775. The zero-order chi connectivity index (χ0) is 11.4. The van der Waals surface area contributed by atoms with E-state index < -0.39 is 12.1 Å². The van der Waals surface area contributed by atoms with E-state index in [1.807, 2.05) is 0 Å². The van der Waals surface area contributed by atoms with E-state index in [-0.39, 0.29) is 17.2 Å². The minimum Gasteiger partial charge on any atom is -0.508 e. The summed E-state index contributed by atoms with van der Waals surface area (Å²) in [5.74, 6) is -0.513. The minimum absolute atomic E-state index is 0.00835. The first-order valence-electron chi connectivity index (χ1n) is 4.28. The normalized spacial score (nSPS) is 12.2. The standard InChI is InChI=1S/C10H11ClO4/c1-15-10(14)5-9(13)7-3-2-6(12)4-8(7)11/h2-4,9,12-13H,5H2,1H3/t9-/m1/s1. The Hall–Kier alpha value is -1.26. The van der Waals surface area contributed by atoms with E-state index in [2.05, 4.69) is 4.74 Å². The Morgan fingerprint density at radius 1 is 1.60 bits per heavy atom. The highest BCUT2D eigenvalue weighted by atomic mass is 35.5. The molecular weight excluding hydrogens is 220 g/mol. The smallest absolute Gasteiger partial charge is 0.308 e. The third-order valence-corrected chi connectivity index (χ3v) is 2.26. The fourth-order valence-corrected chi connectivity index (χ4v) is 1.44. The van der Waals surface area contributed by atoms with Crippen molar-refractivity contribution < 1.29 is 19.7 Å². The maximum atomic E-state index is 10.9. The van der Waals surface area contributed by atoms with E-state index in [9.17, 15) is 9.90 Å². The van der Waals surface area contributed by atoms with Crippen molar-refractivity contribution in [2.24, 2.45) is 0 Å². The lowest BCUT2D eigenvalue weighted by atomic mass is 10.1. The molecule has 0 bridgehead atoms. The van der Waals surface area contributed by atoms with Crippen LogP contribution in [0, 0.1) is 0 Å². The number of aliphatic hydroxyl groups excluding tert-OH is 1. The number of benzene rings is 1. The molecule has 5 heteroatoms. The summed E-state index contributed by atoms with van der Waals surface area (Å²) < 4.78 is 4.41. The Kier molecular flexibility index (Phi) is 3.94. The molecule has 0 aliphatic carbocycles. The highest BCUT2D eigenvalue weighted by Gasteiger charge is 2.16. The highest BCUT2D eigenvalue weighted by Crippen LogP contribution is 2.28. The molecule has 0 heterocycles. The Morgan fingerprint density at radius 3 is 2.80 bits per heavy atom. The number of hydrogen-bond acceptors (Lipinski definition) is 4. The maximum Gasteiger partial charge on any atom is 0.308 e. The summed E-state index contributed by atoms with van der Waals surface area (Å²) in [5, 5.41) is 18.9. The van der Waals surface area contributed by atoms with Crippen molar-refractivity contribution in [2.45, 2.75) is 12.5 Å². The van der Waals surface area contributed by atoms with Crippen molar-refractivity contribution in [2.75, 3.05) is 7.11 Å². The van der Waals surface area contributed by atoms with Gasteiger partial charge in [0.1, 0.15) is 5.75 Å². The largest absolute Gasteiger partial charge is 0.508 e. The lowest BCUT2D eigenvalue weighted by molar-refractivity contribution is -0.142. The topological polar surface area (TPSA) is 66.8 Å². The Labute approximate surface area is 92.1 Å². The van der Waals surface area contributed by atoms with Gasteiger partial charge in [0, 0.05) is 0 Å². The number of carbonyl (C=O) groups excluding carboxylic acids is 1. The molecule has 1 atom stereocenters. The maximum absolute atomic E-state index is 10.9. The molecule has 0 aromatic heterocycles. The lowest BCUT2D eigenvalue weighted by Gasteiger charge is -2.11. The van der Waals surface area contributed by atoms with Crippen LogP contribution in [0.1, 0.15) is 18.1 Å². The molecule has 1 aromatic rings. The predicted octanol–water partition coefficient (Wildman–Crippen LogP) is 1.64. The van der Waals surface area contributed by atoms with Gasteiger partial charge in [-0.2, -0.15) is 0 Å². The SMILES string of the molecule is COC(=O)C[C@@H](O)c1ccc(O)cc1Cl. The van der Waals surface area contributed by atoms with E-state index >= 15 is 0 Å². The van der Waals surface area contributed by atoms with Gasteiger partial charge >= 0.3 is 5.97 Å². The van der Waals surface area contributed by atoms with Gasteiger partial charge in [-0.3, -0.25) is 4.79 Å². The predicted molar refractivity (Wildman–Crippen MR) is 54.7 cm³/mol. The van der Waals surface area contributed by atoms with Gasteiger partial charge in [0.25, 0.3) is 0 Å². The van der Waals surface area contributed by atoms with E-state index in [0.29, 0.717) is 5.56 Å². The van der Waals surface area contributed by atoms with Crippen LogP contribution >= 0.6 is 11.6 Å². The molecule has 1 rings (SSSR count). The Bertz CT molecular complexity index is 364. The first kappa shape index (κ1) is 11.8. The second-order valence-electron chi connectivity index (χ2n) is 3.00. The van der Waals surface area contributed by atoms with E-state index in [4.69, 9.17) is 16.7 Å². The van der Waals surface area contributed by atoms with Gasteiger partial charge in [-0.1, -0.05) is 17.7 Å². The number of rotatable bonds is 3. The molecule has 0 saturated carbocycles. The van der Waals surface area contributed by atoms with Crippen LogP contribution < -0.4 is 0 Å². The summed E-state index contributed by atoms with van der Waals surface area (Å²) in [4.78, 5) is 10.9. The molecule has 0 spiro atoms. The number of phenols is 1. The average molecular weight is 231 g/mol. The fourth-order valence-electron chi connectivity index (χ4n) is 1.14. The van der Waals surface area contributed by atoms with Gasteiger partial charge in [0.15, 0.2) is 0 Å². The lowest BCUT2D eigenvalue weighted by Crippen LogP contribution is -2.08. The molecule has 0 radical (unpaired) electrons. The van der Waals surface area contributed by atoms with Crippen LogP contribution in [0.4, 0.5) is 0 Å². The minimum atomic E-state index is -1.02. The van der Waals surface area contributed by atoms with Crippen LogP contribution in [0.5, 0.6) is 5.75 Å². The van der Waals surface area contributed by atoms with Crippen molar-refractivity contribution >= 4 is 17.6 Å². The molecule has 82 valence electrons. The zero-order valence-electron chi connectivity index (χ0n) is 8.11. The number of aromatic hydroxyl groups is 1. The molecule has 1 aromatic carbocycles. The number of methoxy groups -OCH3 is 1. The van der Waals surface area contributed by atoms with E-state index in [1.54, 1.807) is 0 Å². The number of ether oxygens (including phenoxy) is 1. The number of esters is 1. The van der Waals surface area contributed by atoms with Crippen molar-refractivity contribution in [3.8, 4) is 5.75 Å². The van der Waals surface area contributed by atoms with Gasteiger partial charge in [-0.05, 0) is 17.7 Å². The van der Waals surface area contributed by atoms with Crippen LogP contribution in [0.2, 0.25) is 5.02 Å². The third-order valence-electron chi connectivity index (χ3n) is 1.93.